The molecule has 2 aromatic heterocycles. The van der Waals surface area contributed by atoms with Crippen LogP contribution >= 0.6 is 22.7 Å². The van der Waals surface area contributed by atoms with Crippen molar-refractivity contribution < 1.29 is 9.18 Å². The molecular weight excluding hydrogens is 267 g/mol. The molecule has 0 aliphatic heterocycles. The molecule has 0 saturated carbocycles. The molecule has 0 radical (unpaired) electrons. The number of ketones is 1. The first-order chi connectivity index (χ1) is 8.72. The van der Waals surface area contributed by atoms with Gasteiger partial charge in [-0.05, 0) is 52.0 Å². The van der Waals surface area contributed by atoms with Gasteiger partial charge in [-0.25, -0.2) is 4.39 Å². The number of carbonyl (C=O) groups excluding carboxylic acids is 1. The van der Waals surface area contributed by atoms with Gasteiger partial charge in [-0.1, -0.05) is 0 Å². The van der Waals surface area contributed by atoms with Gasteiger partial charge in [0, 0.05) is 11.1 Å². The average Bonchev–Trinajstić information content (AvgIpc) is 2.96. The molecule has 0 bridgehead atoms. The second-order valence-corrected chi connectivity index (χ2v) is 5.89. The van der Waals surface area contributed by atoms with E-state index < -0.39 is 0 Å². The van der Waals surface area contributed by atoms with Crippen LogP contribution in [0.25, 0.3) is 10.1 Å². The summed E-state index contributed by atoms with van der Waals surface area (Å²) in [6, 6.07) is 8.34. The lowest BCUT2D eigenvalue weighted by Gasteiger charge is -1.93. The molecule has 0 N–H and O–H groups in total. The summed E-state index contributed by atoms with van der Waals surface area (Å²) < 4.78 is 14.0. The summed E-state index contributed by atoms with van der Waals surface area (Å²) in [6.45, 7) is 0. The van der Waals surface area contributed by atoms with E-state index in [2.05, 4.69) is 0 Å². The van der Waals surface area contributed by atoms with Gasteiger partial charge in [-0.3, -0.25) is 4.79 Å². The maximum Gasteiger partial charge on any atom is 0.177 e. The van der Waals surface area contributed by atoms with Crippen molar-refractivity contribution in [3.63, 3.8) is 0 Å². The number of hydrogen-bond donors (Lipinski definition) is 0. The van der Waals surface area contributed by atoms with Gasteiger partial charge < -0.3 is 0 Å². The van der Waals surface area contributed by atoms with Crippen LogP contribution < -0.4 is 0 Å². The van der Waals surface area contributed by atoms with Crippen molar-refractivity contribution in [3.05, 3.63) is 57.3 Å². The Morgan fingerprint density at radius 1 is 1.22 bits per heavy atom. The van der Waals surface area contributed by atoms with Crippen LogP contribution in [0, 0.1) is 5.82 Å². The van der Waals surface area contributed by atoms with E-state index in [1.54, 1.807) is 23.5 Å². The lowest BCUT2D eigenvalue weighted by Crippen LogP contribution is -1.99. The van der Waals surface area contributed by atoms with Crippen LogP contribution in [0.2, 0.25) is 0 Å². The molecule has 0 saturated heterocycles. The van der Waals surface area contributed by atoms with Gasteiger partial charge in [0.05, 0.1) is 4.88 Å². The lowest BCUT2D eigenvalue weighted by molar-refractivity contribution is 0.0997. The zero-order chi connectivity index (χ0) is 12.5. The van der Waals surface area contributed by atoms with Gasteiger partial charge in [0.1, 0.15) is 5.82 Å². The number of fused-ring (bicyclic) bond motifs is 1. The minimum absolute atomic E-state index is 0.0926. The molecule has 3 rings (SSSR count). The summed E-state index contributed by atoms with van der Waals surface area (Å²) in [7, 11) is 0. The molecule has 0 spiro atoms. The summed E-state index contributed by atoms with van der Waals surface area (Å²) in [4.78, 5) is 12.8. The monoisotopic (exact) mass is 276 g/mol. The number of rotatable bonds is 3. The fraction of sp³-hybridized carbons (Fsp3) is 0.0714. The smallest absolute Gasteiger partial charge is 0.177 e. The largest absolute Gasteiger partial charge is 0.293 e. The van der Waals surface area contributed by atoms with Crippen LogP contribution in [0.4, 0.5) is 4.39 Å². The van der Waals surface area contributed by atoms with Gasteiger partial charge in [-0.2, -0.15) is 11.3 Å². The molecule has 90 valence electrons. The Bertz CT molecular complexity index is 698. The number of benzene rings is 1. The number of thiophene rings is 2. The van der Waals surface area contributed by atoms with E-state index in [4.69, 9.17) is 0 Å². The first-order valence-corrected chi connectivity index (χ1v) is 7.22. The zero-order valence-electron chi connectivity index (χ0n) is 9.35. The normalized spacial score (nSPS) is 10.9. The summed E-state index contributed by atoms with van der Waals surface area (Å²) in [5, 5.41) is 4.74. The van der Waals surface area contributed by atoms with Gasteiger partial charge in [0.25, 0.3) is 0 Å². The topological polar surface area (TPSA) is 17.1 Å². The SMILES string of the molecule is O=C(Cc1ccsc1)c1cc2cc(F)ccc2s1. The maximum absolute atomic E-state index is 13.1. The minimum atomic E-state index is -0.267. The Hall–Kier alpha value is -1.52. The van der Waals surface area contributed by atoms with E-state index in [1.807, 2.05) is 16.8 Å². The molecule has 0 aliphatic rings. The third-order valence-electron chi connectivity index (χ3n) is 2.70. The summed E-state index contributed by atoms with van der Waals surface area (Å²) in [6.07, 6.45) is 0.415. The van der Waals surface area contributed by atoms with Crippen LogP contribution in [0.3, 0.4) is 0 Å². The fourth-order valence-corrected chi connectivity index (χ4v) is 3.47. The third-order valence-corrected chi connectivity index (χ3v) is 4.59. The molecule has 2 heterocycles. The molecule has 4 heteroatoms. The van der Waals surface area contributed by atoms with E-state index in [0.717, 1.165) is 15.6 Å². The molecule has 0 unspecified atom stereocenters. The Kier molecular flexibility index (Phi) is 2.97. The molecule has 1 nitrogen and oxygen atoms in total. The van der Waals surface area contributed by atoms with Crippen molar-refractivity contribution in [2.24, 2.45) is 0 Å². The molecule has 0 amide bonds. The van der Waals surface area contributed by atoms with Crippen LogP contribution in [0.1, 0.15) is 15.2 Å². The van der Waals surface area contributed by atoms with E-state index in [-0.39, 0.29) is 11.6 Å². The standard InChI is InChI=1S/C14H9FOS2/c15-11-1-2-13-10(6-11)7-14(18-13)12(16)5-9-3-4-17-8-9/h1-4,6-8H,5H2. The van der Waals surface area contributed by atoms with Crippen molar-refractivity contribution in [3.8, 4) is 0 Å². The van der Waals surface area contributed by atoms with E-state index in [0.29, 0.717) is 11.3 Å². The second kappa shape index (κ2) is 4.63. The summed E-state index contributed by atoms with van der Waals surface area (Å²) in [5.74, 6) is -0.174. The van der Waals surface area contributed by atoms with Gasteiger partial charge in [0.15, 0.2) is 5.78 Å². The molecule has 0 atom stereocenters. The van der Waals surface area contributed by atoms with E-state index in [1.165, 1.54) is 23.5 Å². The Morgan fingerprint density at radius 2 is 2.11 bits per heavy atom. The van der Waals surface area contributed by atoms with Crippen LogP contribution in [-0.2, 0) is 6.42 Å². The lowest BCUT2D eigenvalue weighted by atomic mass is 10.1. The maximum atomic E-state index is 13.1. The van der Waals surface area contributed by atoms with E-state index in [9.17, 15) is 9.18 Å². The molecule has 3 aromatic rings. The Labute approximate surface area is 112 Å². The van der Waals surface area contributed by atoms with Crippen molar-refractivity contribution in [1.82, 2.24) is 0 Å². The molecule has 1 aromatic carbocycles. The molecule has 18 heavy (non-hydrogen) atoms. The van der Waals surface area contributed by atoms with Crippen molar-refractivity contribution in [1.29, 1.82) is 0 Å². The third kappa shape index (κ3) is 2.21. The van der Waals surface area contributed by atoms with Gasteiger partial charge in [-0.15, -0.1) is 11.3 Å². The predicted octanol–water partition coefficient (Wildman–Crippen LogP) is 4.53. The summed E-state index contributed by atoms with van der Waals surface area (Å²) in [5.41, 5.74) is 1.04. The first-order valence-electron chi connectivity index (χ1n) is 5.46. The molecular formula is C14H9FOS2. The van der Waals surface area contributed by atoms with Crippen molar-refractivity contribution >= 4 is 38.5 Å². The predicted molar refractivity (Wildman–Crippen MR) is 74.1 cm³/mol. The van der Waals surface area contributed by atoms with Gasteiger partial charge >= 0.3 is 0 Å². The van der Waals surface area contributed by atoms with Crippen LogP contribution in [0.15, 0.2) is 41.1 Å². The molecule has 0 aliphatic carbocycles. The van der Waals surface area contributed by atoms with Crippen molar-refractivity contribution in [2.75, 3.05) is 0 Å². The summed E-state index contributed by atoms with van der Waals surface area (Å²) >= 11 is 3.01. The highest BCUT2D eigenvalue weighted by Gasteiger charge is 2.11. The first kappa shape index (κ1) is 11.6. The average molecular weight is 276 g/mol. The second-order valence-electron chi connectivity index (χ2n) is 4.02. The quantitative estimate of drug-likeness (QED) is 0.642. The fourth-order valence-electron chi connectivity index (χ4n) is 1.82. The van der Waals surface area contributed by atoms with Crippen molar-refractivity contribution in [2.45, 2.75) is 6.42 Å². The Balaban J connectivity index is 1.92. The minimum Gasteiger partial charge on any atom is -0.293 e. The highest BCUT2D eigenvalue weighted by Crippen LogP contribution is 2.27. The number of Topliss-reactive ketones (excluding diaryl/α,β-unsaturated/α-hetero) is 1. The van der Waals surface area contributed by atoms with Crippen LogP contribution in [-0.4, -0.2) is 5.78 Å². The van der Waals surface area contributed by atoms with Gasteiger partial charge in [0.2, 0.25) is 0 Å². The highest BCUT2D eigenvalue weighted by molar-refractivity contribution is 7.20. The number of halogens is 1. The highest BCUT2D eigenvalue weighted by atomic mass is 32.1. The zero-order valence-corrected chi connectivity index (χ0v) is 11.0. The number of carbonyl (C=O) groups is 1. The van der Waals surface area contributed by atoms with Crippen LogP contribution in [0.5, 0.6) is 0 Å². The van der Waals surface area contributed by atoms with E-state index >= 15 is 0 Å². The Morgan fingerprint density at radius 3 is 2.89 bits per heavy atom. The number of hydrogen-bond acceptors (Lipinski definition) is 3. The molecule has 0 fully saturated rings.